The molecule has 1 atom stereocenters. The third kappa shape index (κ3) is 2.13. The number of rotatable bonds is 3. The lowest BCUT2D eigenvalue weighted by atomic mass is 10.0. The van der Waals surface area contributed by atoms with Crippen molar-refractivity contribution in [2.75, 3.05) is 0 Å². The molecule has 2 N–H and O–H groups in total. The summed E-state index contributed by atoms with van der Waals surface area (Å²) in [7, 11) is 0. The van der Waals surface area contributed by atoms with E-state index >= 15 is 0 Å². The van der Waals surface area contributed by atoms with E-state index in [0.29, 0.717) is 5.56 Å². The van der Waals surface area contributed by atoms with Gasteiger partial charge in [-0.25, -0.2) is 14.5 Å². The molecule has 6 nitrogen and oxygen atoms in total. The van der Waals surface area contributed by atoms with Crippen molar-refractivity contribution >= 4 is 17.9 Å². The Morgan fingerprint density at radius 1 is 1.25 bits per heavy atom. The van der Waals surface area contributed by atoms with Crippen molar-refractivity contribution in [1.29, 1.82) is 0 Å². The van der Waals surface area contributed by atoms with Crippen LogP contribution < -0.4 is 5.32 Å². The van der Waals surface area contributed by atoms with Crippen LogP contribution in [-0.4, -0.2) is 33.5 Å². The van der Waals surface area contributed by atoms with Gasteiger partial charge in [0.05, 0.1) is 0 Å². The Balaban J connectivity index is 2.34. The number of hydrogen-bond donors (Lipinski definition) is 2. The van der Waals surface area contributed by atoms with Crippen LogP contribution in [0.4, 0.5) is 4.79 Å². The van der Waals surface area contributed by atoms with Gasteiger partial charge in [0, 0.05) is 0 Å². The highest BCUT2D eigenvalue weighted by Crippen LogP contribution is 2.28. The molecule has 0 saturated carbocycles. The monoisotopic (exact) mass is 276 g/mol. The normalized spacial score (nSPS) is 19.1. The maximum absolute atomic E-state index is 12.3. The smallest absolute Gasteiger partial charge is 0.329 e. The second-order valence-corrected chi connectivity index (χ2v) is 5.33. The van der Waals surface area contributed by atoms with Gasteiger partial charge in [0.1, 0.15) is 11.6 Å². The summed E-state index contributed by atoms with van der Waals surface area (Å²) in [6, 6.07) is 5.64. The lowest BCUT2D eigenvalue weighted by molar-refractivity contribution is -0.152. The van der Waals surface area contributed by atoms with E-state index in [4.69, 9.17) is 5.11 Å². The molecule has 1 aromatic rings. The second kappa shape index (κ2) is 4.63. The summed E-state index contributed by atoms with van der Waals surface area (Å²) in [5, 5.41) is 11.7. The minimum Gasteiger partial charge on any atom is -0.480 e. The largest absolute Gasteiger partial charge is 0.480 e. The fraction of sp³-hybridized carbons (Fsp3) is 0.357. The molecule has 0 aromatic heterocycles. The van der Waals surface area contributed by atoms with Gasteiger partial charge in [0.2, 0.25) is 0 Å². The molecule has 2 rings (SSSR count). The Morgan fingerprint density at radius 3 is 2.30 bits per heavy atom. The number of carbonyl (C=O) groups excluding carboxylic acids is 2. The van der Waals surface area contributed by atoms with Gasteiger partial charge in [0.15, 0.2) is 0 Å². The van der Waals surface area contributed by atoms with Crippen molar-refractivity contribution in [2.24, 2.45) is 0 Å². The first-order valence-electron chi connectivity index (χ1n) is 6.19. The molecule has 6 heteroatoms. The standard InChI is InChI=1S/C14H16N2O4/c1-8-4-6-9(7-5-8)10-11(17)16(13(20)15-10)14(2,3)12(18)19/h4-7,10H,1-3H3,(H,15,20)(H,18,19). The van der Waals surface area contributed by atoms with E-state index in [1.807, 2.05) is 19.1 Å². The van der Waals surface area contributed by atoms with Crippen molar-refractivity contribution in [3.05, 3.63) is 35.4 Å². The topological polar surface area (TPSA) is 86.7 Å². The highest BCUT2D eigenvalue weighted by molar-refractivity contribution is 6.08. The van der Waals surface area contributed by atoms with Crippen LogP contribution in [0.25, 0.3) is 0 Å². The molecule has 20 heavy (non-hydrogen) atoms. The quantitative estimate of drug-likeness (QED) is 0.818. The van der Waals surface area contributed by atoms with Crippen LogP contribution in [0.5, 0.6) is 0 Å². The second-order valence-electron chi connectivity index (χ2n) is 5.33. The summed E-state index contributed by atoms with van der Waals surface area (Å²) < 4.78 is 0. The first-order valence-corrected chi connectivity index (χ1v) is 6.19. The molecule has 0 radical (unpaired) electrons. The van der Waals surface area contributed by atoms with E-state index in [9.17, 15) is 14.4 Å². The summed E-state index contributed by atoms with van der Waals surface area (Å²) >= 11 is 0. The summed E-state index contributed by atoms with van der Waals surface area (Å²) in [4.78, 5) is 36.2. The molecule has 106 valence electrons. The van der Waals surface area contributed by atoms with Crippen LogP contribution in [0, 0.1) is 6.92 Å². The number of nitrogens with zero attached hydrogens (tertiary/aromatic N) is 1. The zero-order valence-electron chi connectivity index (χ0n) is 11.5. The van der Waals surface area contributed by atoms with Gasteiger partial charge in [0.25, 0.3) is 5.91 Å². The number of amides is 3. The maximum Gasteiger partial charge on any atom is 0.329 e. The van der Waals surface area contributed by atoms with Crippen LogP contribution in [0.3, 0.4) is 0 Å². The van der Waals surface area contributed by atoms with Gasteiger partial charge < -0.3 is 10.4 Å². The molecule has 1 unspecified atom stereocenters. The Bertz CT molecular complexity index is 577. The van der Waals surface area contributed by atoms with Gasteiger partial charge in [-0.05, 0) is 26.3 Å². The highest BCUT2D eigenvalue weighted by Gasteiger charge is 2.49. The Kier molecular flexibility index (Phi) is 3.25. The number of benzene rings is 1. The SMILES string of the molecule is Cc1ccc(C2NC(=O)N(C(C)(C)C(=O)O)C2=O)cc1. The molecule has 1 heterocycles. The van der Waals surface area contributed by atoms with Crippen LogP contribution in [0.2, 0.25) is 0 Å². The van der Waals surface area contributed by atoms with Crippen LogP contribution in [0.1, 0.15) is 31.0 Å². The third-order valence-electron chi connectivity index (χ3n) is 3.43. The predicted molar refractivity (Wildman–Crippen MR) is 71.0 cm³/mol. The van der Waals surface area contributed by atoms with Crippen molar-refractivity contribution < 1.29 is 19.5 Å². The van der Waals surface area contributed by atoms with Crippen LogP contribution in [-0.2, 0) is 9.59 Å². The Morgan fingerprint density at radius 2 is 1.80 bits per heavy atom. The number of carboxylic acids is 1. The van der Waals surface area contributed by atoms with Gasteiger partial charge in [-0.2, -0.15) is 0 Å². The molecule has 0 bridgehead atoms. The van der Waals surface area contributed by atoms with Gasteiger partial charge in [-0.3, -0.25) is 4.79 Å². The Hall–Kier alpha value is -2.37. The number of carboxylic acid groups (broad SMARTS) is 1. The molecule has 1 saturated heterocycles. The summed E-state index contributed by atoms with van der Waals surface area (Å²) in [6.07, 6.45) is 0. The van der Waals surface area contributed by atoms with Crippen LogP contribution in [0.15, 0.2) is 24.3 Å². The minimum atomic E-state index is -1.58. The summed E-state index contributed by atoms with van der Waals surface area (Å²) in [5.41, 5.74) is 0.0894. The molecule has 1 aliphatic rings. The number of urea groups is 1. The highest BCUT2D eigenvalue weighted by atomic mass is 16.4. The molecule has 1 fully saturated rings. The van der Waals surface area contributed by atoms with E-state index in [0.717, 1.165) is 10.5 Å². The molecular formula is C14H16N2O4. The molecule has 0 aliphatic carbocycles. The van der Waals surface area contributed by atoms with E-state index in [1.54, 1.807) is 12.1 Å². The van der Waals surface area contributed by atoms with Gasteiger partial charge in [-0.1, -0.05) is 29.8 Å². The lowest BCUT2D eigenvalue weighted by Gasteiger charge is -2.28. The summed E-state index contributed by atoms with van der Waals surface area (Å²) in [6.45, 7) is 4.56. The molecular weight excluding hydrogens is 260 g/mol. The first kappa shape index (κ1) is 14.0. The fourth-order valence-corrected chi connectivity index (χ4v) is 2.09. The number of nitrogens with one attached hydrogen (secondary N) is 1. The van der Waals surface area contributed by atoms with Crippen LogP contribution >= 0.6 is 0 Å². The number of imide groups is 1. The molecule has 3 amide bonds. The van der Waals surface area contributed by atoms with E-state index in [-0.39, 0.29) is 0 Å². The van der Waals surface area contributed by atoms with E-state index < -0.39 is 29.5 Å². The third-order valence-corrected chi connectivity index (χ3v) is 3.43. The van der Waals surface area contributed by atoms with Crippen molar-refractivity contribution in [3.8, 4) is 0 Å². The first-order chi connectivity index (χ1) is 9.25. The van der Waals surface area contributed by atoms with Crippen molar-refractivity contribution in [2.45, 2.75) is 32.4 Å². The van der Waals surface area contributed by atoms with E-state index in [2.05, 4.69) is 5.32 Å². The lowest BCUT2D eigenvalue weighted by Crippen LogP contribution is -2.53. The zero-order chi connectivity index (χ0) is 15.1. The number of hydrogen-bond acceptors (Lipinski definition) is 3. The molecule has 0 spiro atoms. The average Bonchev–Trinajstić information content (AvgIpc) is 2.66. The van der Waals surface area contributed by atoms with Gasteiger partial charge in [-0.15, -0.1) is 0 Å². The minimum absolute atomic E-state index is 0.550. The summed E-state index contributed by atoms with van der Waals surface area (Å²) in [5.74, 6) is -1.78. The molecule has 1 aliphatic heterocycles. The number of aryl methyl sites for hydroxylation is 1. The Labute approximate surface area is 116 Å². The molecule has 1 aromatic carbocycles. The maximum atomic E-state index is 12.3. The van der Waals surface area contributed by atoms with Crippen molar-refractivity contribution in [1.82, 2.24) is 10.2 Å². The van der Waals surface area contributed by atoms with Gasteiger partial charge >= 0.3 is 12.0 Å². The number of carbonyl (C=O) groups is 3. The fourth-order valence-electron chi connectivity index (χ4n) is 2.09. The zero-order valence-corrected chi connectivity index (χ0v) is 11.5. The number of aliphatic carboxylic acids is 1. The van der Waals surface area contributed by atoms with E-state index in [1.165, 1.54) is 13.8 Å². The average molecular weight is 276 g/mol. The van der Waals surface area contributed by atoms with Crippen molar-refractivity contribution in [3.63, 3.8) is 0 Å². The predicted octanol–water partition coefficient (Wildman–Crippen LogP) is 1.45.